The fourth-order valence-electron chi connectivity index (χ4n) is 1.81. The van der Waals surface area contributed by atoms with Crippen LogP contribution in [0, 0.1) is 22.5 Å². The largest absolute Gasteiger partial charge is 0.480 e. The van der Waals surface area contributed by atoms with Gasteiger partial charge in [0.15, 0.2) is 0 Å². The summed E-state index contributed by atoms with van der Waals surface area (Å²) in [6.07, 6.45) is 0.639. The second-order valence-corrected chi connectivity index (χ2v) is 4.60. The van der Waals surface area contributed by atoms with E-state index in [9.17, 15) is 19.7 Å². The first kappa shape index (κ1) is 13.0. The molecule has 2 rings (SSSR count). The highest BCUT2D eigenvalue weighted by molar-refractivity contribution is 6.11. The number of nitrogens with zero attached hydrogens (tertiary/aromatic N) is 1. The predicted molar refractivity (Wildman–Crippen MR) is 65.8 cm³/mol. The van der Waals surface area contributed by atoms with E-state index in [4.69, 9.17) is 5.11 Å². The molecule has 1 aliphatic rings. The lowest BCUT2D eigenvalue weighted by Crippen LogP contribution is -2.31. The van der Waals surface area contributed by atoms with Crippen molar-refractivity contribution in [1.82, 2.24) is 0 Å². The van der Waals surface area contributed by atoms with Gasteiger partial charge in [0.25, 0.3) is 5.69 Å². The summed E-state index contributed by atoms with van der Waals surface area (Å²) in [5, 5.41) is 22.1. The lowest BCUT2D eigenvalue weighted by molar-refractivity contribution is -0.384. The van der Waals surface area contributed by atoms with Crippen LogP contribution in [0.4, 0.5) is 11.4 Å². The topological polar surface area (TPSA) is 110 Å². The number of carbonyl (C=O) groups is 2. The summed E-state index contributed by atoms with van der Waals surface area (Å²) in [4.78, 5) is 32.9. The molecule has 0 atom stereocenters. The molecule has 1 aromatic rings. The maximum atomic E-state index is 11.9. The number of amides is 1. The summed E-state index contributed by atoms with van der Waals surface area (Å²) >= 11 is 0. The molecule has 1 aliphatic carbocycles. The van der Waals surface area contributed by atoms with Crippen LogP contribution in [0.1, 0.15) is 18.4 Å². The summed E-state index contributed by atoms with van der Waals surface area (Å²) < 4.78 is 0. The van der Waals surface area contributed by atoms with Crippen molar-refractivity contribution < 1.29 is 19.6 Å². The average molecular weight is 264 g/mol. The number of carboxylic acid groups (broad SMARTS) is 1. The van der Waals surface area contributed by atoms with Crippen LogP contribution < -0.4 is 5.32 Å². The van der Waals surface area contributed by atoms with E-state index in [2.05, 4.69) is 5.32 Å². The van der Waals surface area contributed by atoms with E-state index < -0.39 is 22.2 Å². The first-order chi connectivity index (χ1) is 8.86. The van der Waals surface area contributed by atoms with Crippen molar-refractivity contribution in [2.45, 2.75) is 19.8 Å². The Kier molecular flexibility index (Phi) is 2.97. The van der Waals surface area contributed by atoms with E-state index in [1.165, 1.54) is 18.2 Å². The summed E-state index contributed by atoms with van der Waals surface area (Å²) in [7, 11) is 0. The molecule has 0 bridgehead atoms. The summed E-state index contributed by atoms with van der Waals surface area (Å²) in [5.74, 6) is -1.71. The zero-order valence-corrected chi connectivity index (χ0v) is 10.2. The normalized spacial score (nSPS) is 15.6. The van der Waals surface area contributed by atoms with Crippen molar-refractivity contribution in [2.24, 2.45) is 5.41 Å². The Bertz CT molecular complexity index is 577. The monoisotopic (exact) mass is 264 g/mol. The molecule has 100 valence electrons. The molecule has 1 aromatic carbocycles. The minimum atomic E-state index is -1.33. The number of nitro groups is 1. The van der Waals surface area contributed by atoms with Gasteiger partial charge in [-0.2, -0.15) is 0 Å². The van der Waals surface area contributed by atoms with Gasteiger partial charge < -0.3 is 10.4 Å². The smallest absolute Gasteiger partial charge is 0.319 e. The van der Waals surface area contributed by atoms with Crippen LogP contribution in [0.25, 0.3) is 0 Å². The molecular formula is C12H12N2O5. The van der Waals surface area contributed by atoms with Gasteiger partial charge in [-0.25, -0.2) is 0 Å². The molecule has 0 aliphatic heterocycles. The molecule has 0 saturated heterocycles. The van der Waals surface area contributed by atoms with Crippen molar-refractivity contribution in [3.63, 3.8) is 0 Å². The number of hydrogen-bond donors (Lipinski definition) is 2. The number of carbonyl (C=O) groups excluding carboxylic acids is 1. The zero-order valence-electron chi connectivity index (χ0n) is 10.2. The van der Waals surface area contributed by atoms with Gasteiger partial charge >= 0.3 is 5.97 Å². The van der Waals surface area contributed by atoms with Gasteiger partial charge in [-0.3, -0.25) is 19.7 Å². The fraction of sp³-hybridized carbons (Fsp3) is 0.333. The number of anilines is 1. The third-order valence-electron chi connectivity index (χ3n) is 3.26. The Hall–Kier alpha value is -2.44. The lowest BCUT2D eigenvalue weighted by Gasteiger charge is -2.12. The number of nitro benzene ring substituents is 1. The molecule has 0 heterocycles. The Morgan fingerprint density at radius 3 is 2.47 bits per heavy atom. The average Bonchev–Trinajstić information content (AvgIpc) is 3.12. The van der Waals surface area contributed by atoms with Crippen molar-refractivity contribution in [3.8, 4) is 0 Å². The highest BCUT2D eigenvalue weighted by atomic mass is 16.6. The summed E-state index contributed by atoms with van der Waals surface area (Å²) in [5.41, 5.74) is -0.490. The standard InChI is InChI=1S/C12H12N2O5/c1-7-6-8(14(18)19)2-3-9(7)13-10(15)12(4-5-12)11(16)17/h2-3,6H,4-5H2,1H3,(H,13,15)(H,16,17). The second-order valence-electron chi connectivity index (χ2n) is 4.60. The molecule has 1 amide bonds. The number of rotatable bonds is 4. The van der Waals surface area contributed by atoms with E-state index in [0.29, 0.717) is 24.1 Å². The Morgan fingerprint density at radius 1 is 1.42 bits per heavy atom. The van der Waals surface area contributed by atoms with Crippen molar-refractivity contribution in [1.29, 1.82) is 0 Å². The number of carboxylic acids is 1. The number of aliphatic carboxylic acids is 1. The molecule has 2 N–H and O–H groups in total. The minimum absolute atomic E-state index is 0.0742. The minimum Gasteiger partial charge on any atom is -0.480 e. The third kappa shape index (κ3) is 2.26. The van der Waals surface area contributed by atoms with Crippen LogP contribution in [0.15, 0.2) is 18.2 Å². The Morgan fingerprint density at radius 2 is 2.05 bits per heavy atom. The fourth-order valence-corrected chi connectivity index (χ4v) is 1.81. The van der Waals surface area contributed by atoms with E-state index in [1.807, 2.05) is 0 Å². The Balaban J connectivity index is 2.18. The maximum absolute atomic E-state index is 11.9. The van der Waals surface area contributed by atoms with Gasteiger partial charge in [0, 0.05) is 17.8 Å². The molecule has 7 heteroatoms. The van der Waals surface area contributed by atoms with Gasteiger partial charge in [-0.1, -0.05) is 0 Å². The van der Waals surface area contributed by atoms with Crippen LogP contribution in [-0.4, -0.2) is 21.9 Å². The number of nitrogens with one attached hydrogen (secondary N) is 1. The molecule has 1 saturated carbocycles. The predicted octanol–water partition coefficient (Wildman–Crippen LogP) is 1.71. The molecule has 7 nitrogen and oxygen atoms in total. The van der Waals surface area contributed by atoms with E-state index in [-0.39, 0.29) is 5.69 Å². The van der Waals surface area contributed by atoms with Gasteiger partial charge in [0.05, 0.1) is 4.92 Å². The van der Waals surface area contributed by atoms with Gasteiger partial charge in [-0.15, -0.1) is 0 Å². The number of hydrogen-bond acceptors (Lipinski definition) is 4. The number of aryl methyl sites for hydroxylation is 1. The molecule has 0 spiro atoms. The summed E-state index contributed by atoms with van der Waals surface area (Å²) in [6.45, 7) is 1.61. The second kappa shape index (κ2) is 4.34. The quantitative estimate of drug-likeness (QED) is 0.488. The van der Waals surface area contributed by atoms with Gasteiger partial charge in [-0.05, 0) is 31.4 Å². The van der Waals surface area contributed by atoms with E-state index >= 15 is 0 Å². The first-order valence-electron chi connectivity index (χ1n) is 5.67. The molecule has 0 radical (unpaired) electrons. The highest BCUT2D eigenvalue weighted by Gasteiger charge is 2.57. The Labute approximate surface area is 108 Å². The SMILES string of the molecule is Cc1cc([N+](=O)[O-])ccc1NC(=O)C1(C(=O)O)CC1. The van der Waals surface area contributed by atoms with Crippen LogP contribution in [0.3, 0.4) is 0 Å². The van der Waals surface area contributed by atoms with Crippen molar-refractivity contribution >= 4 is 23.3 Å². The molecule has 0 unspecified atom stereocenters. The van der Waals surface area contributed by atoms with Crippen LogP contribution in [0.2, 0.25) is 0 Å². The molecule has 0 aromatic heterocycles. The number of benzene rings is 1. The lowest BCUT2D eigenvalue weighted by atomic mass is 10.1. The van der Waals surface area contributed by atoms with Crippen LogP contribution in [0.5, 0.6) is 0 Å². The van der Waals surface area contributed by atoms with Crippen LogP contribution in [-0.2, 0) is 9.59 Å². The number of non-ortho nitro benzene ring substituents is 1. The molecule has 19 heavy (non-hydrogen) atoms. The van der Waals surface area contributed by atoms with Gasteiger partial charge in [0.1, 0.15) is 5.41 Å². The zero-order chi connectivity index (χ0) is 14.2. The summed E-state index contributed by atoms with van der Waals surface area (Å²) in [6, 6.07) is 4.00. The molecule has 1 fully saturated rings. The van der Waals surface area contributed by atoms with Crippen molar-refractivity contribution in [2.75, 3.05) is 5.32 Å². The van der Waals surface area contributed by atoms with E-state index in [0.717, 1.165) is 0 Å². The maximum Gasteiger partial charge on any atom is 0.319 e. The van der Waals surface area contributed by atoms with Crippen molar-refractivity contribution in [3.05, 3.63) is 33.9 Å². The molecular weight excluding hydrogens is 252 g/mol. The highest BCUT2D eigenvalue weighted by Crippen LogP contribution is 2.46. The van der Waals surface area contributed by atoms with E-state index in [1.54, 1.807) is 6.92 Å². The first-order valence-corrected chi connectivity index (χ1v) is 5.67. The third-order valence-corrected chi connectivity index (χ3v) is 3.26. The van der Waals surface area contributed by atoms with Gasteiger partial charge in [0.2, 0.25) is 5.91 Å². The van der Waals surface area contributed by atoms with Crippen LogP contribution >= 0.6 is 0 Å².